The van der Waals surface area contributed by atoms with E-state index in [2.05, 4.69) is 4.90 Å². The fourth-order valence-corrected chi connectivity index (χ4v) is 3.57. The molecule has 166 valence electrons. The van der Waals surface area contributed by atoms with E-state index < -0.39 is 4.92 Å². The molecule has 0 aliphatic carbocycles. The number of nitro benzene ring substituents is 1. The average molecular weight is 429 g/mol. The Kier molecular flexibility index (Phi) is 7.30. The van der Waals surface area contributed by atoms with Crippen molar-refractivity contribution in [1.29, 1.82) is 0 Å². The summed E-state index contributed by atoms with van der Waals surface area (Å²) < 4.78 is 15.9. The molecular weight excluding hydrogens is 402 g/mol. The second-order valence-corrected chi connectivity index (χ2v) is 7.13. The summed E-state index contributed by atoms with van der Waals surface area (Å²) in [5.74, 6) is 0.982. The van der Waals surface area contributed by atoms with Crippen LogP contribution in [0.15, 0.2) is 36.4 Å². The number of carbonyl (C=O) groups is 1. The molecule has 1 saturated heterocycles. The number of hydrogen-bond donors (Lipinski definition) is 0. The van der Waals surface area contributed by atoms with Crippen molar-refractivity contribution in [3.05, 3.63) is 57.6 Å². The van der Waals surface area contributed by atoms with Crippen LogP contribution in [0.3, 0.4) is 0 Å². The van der Waals surface area contributed by atoms with Gasteiger partial charge in [-0.15, -0.1) is 0 Å². The molecule has 1 aliphatic rings. The molecule has 1 heterocycles. The Hall–Kier alpha value is -3.33. The highest BCUT2D eigenvalue weighted by Gasteiger charge is 2.30. The van der Waals surface area contributed by atoms with Crippen LogP contribution in [0, 0.1) is 10.1 Å². The van der Waals surface area contributed by atoms with Crippen LogP contribution in [0.4, 0.5) is 5.69 Å². The van der Waals surface area contributed by atoms with Crippen molar-refractivity contribution in [1.82, 2.24) is 9.80 Å². The molecule has 9 heteroatoms. The van der Waals surface area contributed by atoms with Crippen LogP contribution in [0.5, 0.6) is 17.2 Å². The van der Waals surface area contributed by atoms with Crippen molar-refractivity contribution < 1.29 is 23.9 Å². The average Bonchev–Trinajstić information content (AvgIpc) is 2.79. The summed E-state index contributed by atoms with van der Waals surface area (Å²) >= 11 is 0. The topological polar surface area (TPSA) is 94.4 Å². The van der Waals surface area contributed by atoms with Crippen LogP contribution in [0.1, 0.15) is 22.8 Å². The Morgan fingerprint density at radius 2 is 1.71 bits per heavy atom. The normalized spacial score (nSPS) is 14.2. The smallest absolute Gasteiger partial charge is 0.286 e. The first-order chi connectivity index (χ1) is 15.0. The Morgan fingerprint density at radius 3 is 2.26 bits per heavy atom. The molecule has 3 rings (SSSR count). The molecule has 0 unspecified atom stereocenters. The number of methoxy groups -OCH3 is 2. The third-order valence-electron chi connectivity index (χ3n) is 5.23. The summed E-state index contributed by atoms with van der Waals surface area (Å²) in [7, 11) is 3.07. The highest BCUT2D eigenvalue weighted by atomic mass is 16.6. The zero-order chi connectivity index (χ0) is 22.4. The van der Waals surface area contributed by atoms with E-state index in [9.17, 15) is 14.9 Å². The van der Waals surface area contributed by atoms with Gasteiger partial charge in [0.25, 0.3) is 11.6 Å². The first-order valence-electron chi connectivity index (χ1n) is 10.1. The number of nitro groups is 1. The Labute approximate surface area is 181 Å². The second-order valence-electron chi connectivity index (χ2n) is 7.13. The van der Waals surface area contributed by atoms with Gasteiger partial charge >= 0.3 is 0 Å². The Bertz CT molecular complexity index is 924. The number of hydrogen-bond acceptors (Lipinski definition) is 7. The van der Waals surface area contributed by atoms with Gasteiger partial charge in [0, 0.05) is 38.8 Å². The fraction of sp³-hybridized carbons (Fsp3) is 0.409. The second kappa shape index (κ2) is 10.1. The van der Waals surface area contributed by atoms with E-state index in [-0.39, 0.29) is 22.9 Å². The van der Waals surface area contributed by atoms with E-state index in [1.807, 2.05) is 24.3 Å². The summed E-state index contributed by atoms with van der Waals surface area (Å²) in [6, 6.07) is 10.5. The molecule has 1 fully saturated rings. The fourth-order valence-electron chi connectivity index (χ4n) is 3.57. The molecule has 31 heavy (non-hydrogen) atoms. The molecule has 1 amide bonds. The molecule has 2 aromatic carbocycles. The van der Waals surface area contributed by atoms with E-state index >= 15 is 0 Å². The lowest BCUT2D eigenvalue weighted by atomic mass is 10.1. The van der Waals surface area contributed by atoms with Crippen LogP contribution in [-0.4, -0.2) is 67.6 Å². The van der Waals surface area contributed by atoms with E-state index in [1.54, 1.807) is 18.9 Å². The maximum absolute atomic E-state index is 13.1. The van der Waals surface area contributed by atoms with Gasteiger partial charge < -0.3 is 19.1 Å². The number of carbonyl (C=O) groups excluding carboxylic acids is 1. The number of benzene rings is 2. The Morgan fingerprint density at radius 1 is 1.03 bits per heavy atom. The molecule has 0 saturated carbocycles. The third kappa shape index (κ3) is 5.24. The monoisotopic (exact) mass is 429 g/mol. The van der Waals surface area contributed by atoms with Crippen LogP contribution in [0.25, 0.3) is 0 Å². The predicted octanol–water partition coefficient (Wildman–Crippen LogP) is 2.97. The Balaban J connectivity index is 1.70. The first-order valence-corrected chi connectivity index (χ1v) is 10.1. The predicted molar refractivity (Wildman–Crippen MR) is 115 cm³/mol. The van der Waals surface area contributed by atoms with Crippen molar-refractivity contribution >= 4 is 11.6 Å². The van der Waals surface area contributed by atoms with E-state index in [0.29, 0.717) is 38.5 Å². The zero-order valence-electron chi connectivity index (χ0n) is 18.0. The van der Waals surface area contributed by atoms with Crippen molar-refractivity contribution in [3.8, 4) is 17.2 Å². The largest absolute Gasteiger partial charge is 0.497 e. The summed E-state index contributed by atoms with van der Waals surface area (Å²) in [6.07, 6.45) is 0. The number of nitrogens with zero attached hydrogens (tertiary/aromatic N) is 3. The van der Waals surface area contributed by atoms with Crippen molar-refractivity contribution in [2.24, 2.45) is 0 Å². The minimum atomic E-state index is -0.560. The van der Waals surface area contributed by atoms with Crippen LogP contribution in [0.2, 0.25) is 0 Å². The van der Waals surface area contributed by atoms with Gasteiger partial charge in [0.05, 0.1) is 31.8 Å². The lowest BCUT2D eigenvalue weighted by molar-refractivity contribution is -0.385. The van der Waals surface area contributed by atoms with Gasteiger partial charge in [-0.2, -0.15) is 0 Å². The number of amides is 1. The standard InChI is InChI=1S/C22H27N3O6/c1-4-31-21-14-19(25(27)28)18(13-20(21)30-3)22(26)24-11-9-23(10-12-24)15-16-5-7-17(29-2)8-6-16/h5-8,13-14H,4,9-12,15H2,1-3H3. The summed E-state index contributed by atoms with van der Waals surface area (Å²) in [5.41, 5.74) is 0.885. The number of piperazine rings is 1. The van der Waals surface area contributed by atoms with Gasteiger partial charge in [-0.05, 0) is 24.6 Å². The summed E-state index contributed by atoms with van der Waals surface area (Å²) in [6.45, 7) is 5.21. The maximum Gasteiger partial charge on any atom is 0.286 e. The van der Waals surface area contributed by atoms with Crippen LogP contribution in [-0.2, 0) is 6.54 Å². The summed E-state index contributed by atoms with van der Waals surface area (Å²) in [5, 5.41) is 11.6. The van der Waals surface area contributed by atoms with Gasteiger partial charge in [-0.1, -0.05) is 12.1 Å². The van der Waals surface area contributed by atoms with Gasteiger partial charge in [0.15, 0.2) is 11.5 Å². The van der Waals surface area contributed by atoms with E-state index in [4.69, 9.17) is 14.2 Å². The van der Waals surface area contributed by atoms with Gasteiger partial charge in [0.2, 0.25) is 0 Å². The van der Waals surface area contributed by atoms with E-state index in [1.165, 1.54) is 19.2 Å². The van der Waals surface area contributed by atoms with Crippen LogP contribution >= 0.6 is 0 Å². The molecule has 0 aromatic heterocycles. The van der Waals surface area contributed by atoms with Crippen molar-refractivity contribution in [2.75, 3.05) is 47.0 Å². The van der Waals surface area contributed by atoms with Crippen LogP contribution < -0.4 is 14.2 Å². The molecule has 0 N–H and O–H groups in total. The van der Waals surface area contributed by atoms with Gasteiger partial charge in [-0.3, -0.25) is 19.8 Å². The van der Waals surface area contributed by atoms with Gasteiger partial charge in [-0.25, -0.2) is 0 Å². The molecule has 9 nitrogen and oxygen atoms in total. The highest BCUT2D eigenvalue weighted by molar-refractivity contribution is 5.99. The minimum Gasteiger partial charge on any atom is -0.497 e. The molecule has 1 aliphatic heterocycles. The van der Waals surface area contributed by atoms with Crippen molar-refractivity contribution in [3.63, 3.8) is 0 Å². The lowest BCUT2D eigenvalue weighted by Crippen LogP contribution is -2.48. The van der Waals surface area contributed by atoms with E-state index in [0.717, 1.165) is 17.9 Å². The number of ether oxygens (including phenoxy) is 3. The molecule has 0 spiro atoms. The first kappa shape index (κ1) is 22.4. The lowest BCUT2D eigenvalue weighted by Gasteiger charge is -2.34. The quantitative estimate of drug-likeness (QED) is 0.470. The van der Waals surface area contributed by atoms with Gasteiger partial charge in [0.1, 0.15) is 11.3 Å². The highest BCUT2D eigenvalue weighted by Crippen LogP contribution is 2.35. The minimum absolute atomic E-state index is 0.00825. The van der Waals surface area contributed by atoms with Crippen molar-refractivity contribution in [2.45, 2.75) is 13.5 Å². The molecule has 0 radical (unpaired) electrons. The zero-order valence-corrected chi connectivity index (χ0v) is 18.0. The summed E-state index contributed by atoms with van der Waals surface area (Å²) in [4.78, 5) is 28.0. The maximum atomic E-state index is 13.1. The molecule has 2 aromatic rings. The SMILES string of the molecule is CCOc1cc([N+](=O)[O-])c(C(=O)N2CCN(Cc3ccc(OC)cc3)CC2)cc1OC. The third-order valence-corrected chi connectivity index (χ3v) is 5.23. The number of rotatable bonds is 8. The molecule has 0 bridgehead atoms. The molecular formula is C22H27N3O6. The molecule has 0 atom stereocenters.